The summed E-state index contributed by atoms with van der Waals surface area (Å²) in [6.07, 6.45) is -0.938. The molecule has 1 heterocycles. The van der Waals surface area contributed by atoms with Crippen molar-refractivity contribution in [1.29, 1.82) is 0 Å². The summed E-state index contributed by atoms with van der Waals surface area (Å²) in [7, 11) is 0. The number of rotatable bonds is 7. The minimum absolute atomic E-state index is 0.114. The standard InChI is InChI=1S/C26H23N5O4/c1-17(32)20-12-9-15-22(16-20)35-18(2)25(33)28-29-26(34)23-27-24(19-10-5-3-6-11-19)31(30-23)21-13-7-4-8-14-21/h3-16,18H,1-2H3,(H,28,33)(H,29,34). The van der Waals surface area contributed by atoms with Crippen LogP contribution in [-0.2, 0) is 4.79 Å². The summed E-state index contributed by atoms with van der Waals surface area (Å²) in [4.78, 5) is 41.1. The monoisotopic (exact) mass is 469 g/mol. The van der Waals surface area contributed by atoms with Gasteiger partial charge in [0.05, 0.1) is 5.69 Å². The number of nitrogens with zero attached hydrogens (tertiary/aromatic N) is 3. The van der Waals surface area contributed by atoms with E-state index in [1.807, 2.05) is 60.7 Å². The van der Waals surface area contributed by atoms with E-state index in [-0.39, 0.29) is 11.6 Å². The van der Waals surface area contributed by atoms with Crippen LogP contribution in [0, 0.1) is 0 Å². The molecule has 176 valence electrons. The van der Waals surface area contributed by atoms with Gasteiger partial charge in [-0.1, -0.05) is 60.7 Å². The Labute approximate surface area is 201 Å². The van der Waals surface area contributed by atoms with Crippen molar-refractivity contribution in [2.24, 2.45) is 0 Å². The fraction of sp³-hybridized carbons (Fsp3) is 0.115. The first kappa shape index (κ1) is 23.4. The molecular formula is C26H23N5O4. The first-order valence-electron chi connectivity index (χ1n) is 10.9. The molecule has 9 heteroatoms. The van der Waals surface area contributed by atoms with Gasteiger partial charge in [-0.15, -0.1) is 5.10 Å². The average molecular weight is 470 g/mol. The molecule has 35 heavy (non-hydrogen) atoms. The van der Waals surface area contributed by atoms with Crippen molar-refractivity contribution in [2.45, 2.75) is 20.0 Å². The fourth-order valence-corrected chi connectivity index (χ4v) is 3.25. The zero-order valence-electron chi connectivity index (χ0n) is 19.1. The van der Waals surface area contributed by atoms with Gasteiger partial charge in [-0.25, -0.2) is 9.67 Å². The predicted octanol–water partition coefficient (Wildman–Crippen LogP) is 3.37. The van der Waals surface area contributed by atoms with Gasteiger partial charge < -0.3 is 4.74 Å². The van der Waals surface area contributed by atoms with E-state index in [0.717, 1.165) is 11.3 Å². The lowest BCUT2D eigenvalue weighted by molar-refractivity contribution is -0.128. The van der Waals surface area contributed by atoms with Crippen LogP contribution in [0.1, 0.15) is 34.8 Å². The number of para-hydroxylation sites is 1. The third kappa shape index (κ3) is 5.59. The molecule has 1 atom stereocenters. The Morgan fingerprint density at radius 3 is 2.26 bits per heavy atom. The number of Topliss-reactive ketones (excluding diaryl/α,β-unsaturated/α-hetero) is 1. The first-order valence-corrected chi connectivity index (χ1v) is 10.9. The molecule has 2 N–H and O–H groups in total. The first-order chi connectivity index (χ1) is 16.9. The normalized spacial score (nSPS) is 11.4. The van der Waals surface area contributed by atoms with Crippen molar-refractivity contribution >= 4 is 17.6 Å². The van der Waals surface area contributed by atoms with E-state index in [9.17, 15) is 14.4 Å². The van der Waals surface area contributed by atoms with E-state index in [1.54, 1.807) is 28.9 Å². The van der Waals surface area contributed by atoms with Crippen LogP contribution in [0.3, 0.4) is 0 Å². The maximum absolute atomic E-state index is 12.7. The molecule has 4 rings (SSSR count). The highest BCUT2D eigenvalue weighted by molar-refractivity contribution is 5.94. The number of carbonyl (C=O) groups is 3. The molecular weight excluding hydrogens is 446 g/mol. The van der Waals surface area contributed by atoms with Crippen molar-refractivity contribution in [3.05, 3.63) is 96.3 Å². The van der Waals surface area contributed by atoms with Crippen molar-refractivity contribution in [2.75, 3.05) is 0 Å². The number of ketones is 1. The van der Waals surface area contributed by atoms with Crippen molar-refractivity contribution in [1.82, 2.24) is 25.6 Å². The van der Waals surface area contributed by atoms with E-state index in [2.05, 4.69) is 20.9 Å². The molecule has 0 spiro atoms. The molecule has 3 aromatic carbocycles. The van der Waals surface area contributed by atoms with Gasteiger partial charge in [0, 0.05) is 11.1 Å². The van der Waals surface area contributed by atoms with Gasteiger partial charge >= 0.3 is 5.91 Å². The molecule has 0 saturated heterocycles. The van der Waals surface area contributed by atoms with Gasteiger partial charge in [0.2, 0.25) is 5.82 Å². The van der Waals surface area contributed by atoms with Gasteiger partial charge in [-0.3, -0.25) is 25.2 Å². The van der Waals surface area contributed by atoms with Crippen LogP contribution in [0.25, 0.3) is 17.1 Å². The second-order valence-corrected chi connectivity index (χ2v) is 7.66. The second-order valence-electron chi connectivity index (χ2n) is 7.66. The summed E-state index contributed by atoms with van der Waals surface area (Å²) in [6.45, 7) is 2.97. The molecule has 0 aliphatic carbocycles. The Bertz CT molecular complexity index is 1300. The topological polar surface area (TPSA) is 115 Å². The highest BCUT2D eigenvalue weighted by Gasteiger charge is 2.21. The van der Waals surface area contributed by atoms with Crippen LogP contribution in [0.2, 0.25) is 0 Å². The number of nitrogens with one attached hydrogen (secondary N) is 2. The van der Waals surface area contributed by atoms with E-state index < -0.39 is 17.9 Å². The fourth-order valence-electron chi connectivity index (χ4n) is 3.25. The molecule has 4 aromatic rings. The number of amides is 2. The minimum atomic E-state index is -0.938. The lowest BCUT2D eigenvalue weighted by Crippen LogP contribution is -2.47. The van der Waals surface area contributed by atoms with Gasteiger partial charge in [0.15, 0.2) is 17.7 Å². The highest BCUT2D eigenvalue weighted by atomic mass is 16.5. The van der Waals surface area contributed by atoms with E-state index >= 15 is 0 Å². The van der Waals surface area contributed by atoms with Crippen LogP contribution >= 0.6 is 0 Å². The quantitative estimate of drug-likeness (QED) is 0.317. The van der Waals surface area contributed by atoms with Gasteiger partial charge in [0.1, 0.15) is 5.75 Å². The molecule has 0 saturated carbocycles. The molecule has 0 radical (unpaired) electrons. The average Bonchev–Trinajstić information content (AvgIpc) is 3.34. The molecule has 0 bridgehead atoms. The number of aromatic nitrogens is 3. The van der Waals surface area contributed by atoms with E-state index in [0.29, 0.717) is 17.1 Å². The van der Waals surface area contributed by atoms with E-state index in [1.165, 1.54) is 13.8 Å². The summed E-state index contributed by atoms with van der Waals surface area (Å²) >= 11 is 0. The van der Waals surface area contributed by atoms with Crippen LogP contribution in [-0.4, -0.2) is 38.5 Å². The maximum Gasteiger partial charge on any atom is 0.309 e. The lowest BCUT2D eigenvalue weighted by Gasteiger charge is -2.15. The highest BCUT2D eigenvalue weighted by Crippen LogP contribution is 2.21. The van der Waals surface area contributed by atoms with Crippen LogP contribution in [0.4, 0.5) is 0 Å². The Balaban J connectivity index is 1.46. The van der Waals surface area contributed by atoms with Gasteiger partial charge in [-0.2, -0.15) is 0 Å². The zero-order valence-corrected chi connectivity index (χ0v) is 19.1. The smallest absolute Gasteiger partial charge is 0.309 e. The summed E-state index contributed by atoms with van der Waals surface area (Å²) in [5.74, 6) is -0.654. The summed E-state index contributed by atoms with van der Waals surface area (Å²) in [5.41, 5.74) is 6.64. The zero-order chi connectivity index (χ0) is 24.8. The van der Waals surface area contributed by atoms with E-state index in [4.69, 9.17) is 4.74 Å². The lowest BCUT2D eigenvalue weighted by atomic mass is 10.1. The molecule has 9 nitrogen and oxygen atoms in total. The Morgan fingerprint density at radius 2 is 1.57 bits per heavy atom. The SMILES string of the molecule is CC(=O)c1cccc(OC(C)C(=O)NNC(=O)c2nc(-c3ccccc3)n(-c3ccccc3)n2)c1. The van der Waals surface area contributed by atoms with Crippen molar-refractivity contribution < 1.29 is 19.1 Å². The number of benzene rings is 3. The number of hydrazine groups is 1. The summed E-state index contributed by atoms with van der Waals surface area (Å²) in [6, 6.07) is 25.2. The number of hydrogen-bond donors (Lipinski definition) is 2. The Morgan fingerprint density at radius 1 is 0.886 bits per heavy atom. The van der Waals surface area contributed by atoms with Crippen LogP contribution in [0.5, 0.6) is 5.75 Å². The third-order valence-electron chi connectivity index (χ3n) is 5.06. The number of hydrogen-bond acceptors (Lipinski definition) is 6. The molecule has 2 amide bonds. The molecule has 0 fully saturated rings. The Kier molecular flexibility index (Phi) is 6.96. The third-order valence-corrected chi connectivity index (χ3v) is 5.06. The van der Waals surface area contributed by atoms with Crippen LogP contribution < -0.4 is 15.6 Å². The van der Waals surface area contributed by atoms with Crippen LogP contribution in [0.15, 0.2) is 84.9 Å². The number of carbonyl (C=O) groups excluding carboxylic acids is 3. The Hall–Kier alpha value is -4.79. The molecule has 1 aromatic heterocycles. The molecule has 1 unspecified atom stereocenters. The predicted molar refractivity (Wildman–Crippen MR) is 129 cm³/mol. The van der Waals surface area contributed by atoms with Crippen molar-refractivity contribution in [3.8, 4) is 22.8 Å². The van der Waals surface area contributed by atoms with Crippen molar-refractivity contribution in [3.63, 3.8) is 0 Å². The second kappa shape index (κ2) is 10.4. The molecule has 0 aliphatic heterocycles. The van der Waals surface area contributed by atoms with Gasteiger partial charge in [-0.05, 0) is 38.1 Å². The summed E-state index contributed by atoms with van der Waals surface area (Å²) < 4.78 is 7.16. The minimum Gasteiger partial charge on any atom is -0.481 e. The maximum atomic E-state index is 12.7. The molecule has 0 aliphatic rings. The van der Waals surface area contributed by atoms with Gasteiger partial charge in [0.25, 0.3) is 5.91 Å². The largest absolute Gasteiger partial charge is 0.481 e. The summed E-state index contributed by atoms with van der Waals surface area (Å²) in [5, 5.41) is 4.35. The number of ether oxygens (including phenoxy) is 1.